The number of carbonyl (C=O) groups excluding carboxylic acids is 1. The summed E-state index contributed by atoms with van der Waals surface area (Å²) in [4.78, 5) is 14.6. The quantitative estimate of drug-likeness (QED) is 0.482. The molecule has 1 aromatic carbocycles. The fourth-order valence-corrected chi connectivity index (χ4v) is 1.93. The summed E-state index contributed by atoms with van der Waals surface area (Å²) in [6, 6.07) is 7.16. The Bertz CT molecular complexity index is 598. The van der Waals surface area contributed by atoms with Gasteiger partial charge in [-0.05, 0) is 11.6 Å². The zero-order chi connectivity index (χ0) is 13.0. The van der Waals surface area contributed by atoms with Gasteiger partial charge in [0.1, 0.15) is 6.04 Å². The summed E-state index contributed by atoms with van der Waals surface area (Å²) in [6.07, 6.45) is 4.04. The number of nitrogens with zero attached hydrogens (tertiary/aromatic N) is 1. The van der Waals surface area contributed by atoms with E-state index in [4.69, 9.17) is 5.26 Å². The average molecular weight is 243 g/mol. The third-order valence-electron chi connectivity index (χ3n) is 2.82. The van der Waals surface area contributed by atoms with E-state index in [2.05, 4.69) is 15.0 Å². The third kappa shape index (κ3) is 2.28. The average Bonchev–Trinajstić information content (AvgIpc) is 2.81. The summed E-state index contributed by atoms with van der Waals surface area (Å²) in [5, 5.41) is 12.1. The highest BCUT2D eigenvalue weighted by Gasteiger charge is 2.20. The van der Waals surface area contributed by atoms with Gasteiger partial charge in [-0.15, -0.1) is 0 Å². The van der Waals surface area contributed by atoms with Crippen LogP contribution in [0, 0.1) is 11.5 Å². The molecule has 1 aromatic heterocycles. The second-order valence-electron chi connectivity index (χ2n) is 3.90. The van der Waals surface area contributed by atoms with Gasteiger partial charge < -0.3 is 15.0 Å². The number of nitriles is 1. The van der Waals surface area contributed by atoms with Gasteiger partial charge in [-0.3, -0.25) is 0 Å². The first-order valence-electron chi connectivity index (χ1n) is 5.53. The zero-order valence-corrected chi connectivity index (χ0v) is 9.93. The molecule has 1 heterocycles. The molecule has 1 atom stereocenters. The van der Waals surface area contributed by atoms with Gasteiger partial charge in [-0.1, -0.05) is 18.2 Å². The zero-order valence-electron chi connectivity index (χ0n) is 9.93. The molecular formula is C13H13N3O2. The fraction of sp³-hybridized carbons (Fsp3) is 0.231. The van der Waals surface area contributed by atoms with E-state index in [1.807, 2.05) is 30.5 Å². The topological polar surface area (TPSA) is 77.9 Å². The van der Waals surface area contributed by atoms with Gasteiger partial charge in [-0.2, -0.15) is 5.26 Å². The number of ether oxygens (including phenoxy) is 1. The second kappa shape index (κ2) is 5.23. The van der Waals surface area contributed by atoms with Crippen LogP contribution in [0.4, 0.5) is 0 Å². The Hall–Kier alpha value is -2.48. The van der Waals surface area contributed by atoms with Crippen molar-refractivity contribution in [2.24, 2.45) is 0 Å². The Morgan fingerprint density at radius 1 is 1.56 bits per heavy atom. The van der Waals surface area contributed by atoms with Crippen molar-refractivity contribution < 1.29 is 9.53 Å². The molecule has 0 spiro atoms. The lowest BCUT2D eigenvalue weighted by Crippen LogP contribution is -2.36. The smallest absolute Gasteiger partial charge is 0.329 e. The highest BCUT2D eigenvalue weighted by molar-refractivity contribution is 5.84. The number of fused-ring (bicyclic) bond motifs is 1. The number of H-pyrrole nitrogens is 1. The minimum atomic E-state index is -0.654. The molecule has 0 saturated heterocycles. The van der Waals surface area contributed by atoms with Crippen molar-refractivity contribution in [3.63, 3.8) is 0 Å². The molecule has 0 bridgehead atoms. The van der Waals surface area contributed by atoms with Crippen molar-refractivity contribution in [2.45, 2.75) is 12.5 Å². The molecule has 5 heteroatoms. The summed E-state index contributed by atoms with van der Waals surface area (Å²) in [6.45, 7) is 0. The van der Waals surface area contributed by atoms with E-state index in [0.29, 0.717) is 6.42 Å². The lowest BCUT2D eigenvalue weighted by atomic mass is 10.1. The molecular weight excluding hydrogens is 230 g/mol. The van der Waals surface area contributed by atoms with E-state index >= 15 is 0 Å². The molecule has 0 aliphatic heterocycles. The van der Waals surface area contributed by atoms with E-state index in [-0.39, 0.29) is 0 Å². The maximum absolute atomic E-state index is 11.5. The minimum Gasteiger partial charge on any atom is -0.467 e. The van der Waals surface area contributed by atoms with E-state index in [1.165, 1.54) is 7.11 Å². The van der Waals surface area contributed by atoms with Gasteiger partial charge in [0.15, 0.2) is 6.19 Å². The first-order chi connectivity index (χ1) is 8.76. The molecule has 18 heavy (non-hydrogen) atoms. The van der Waals surface area contributed by atoms with Crippen LogP contribution in [0.25, 0.3) is 10.9 Å². The predicted octanol–water partition coefficient (Wildman–Crippen LogP) is 1.32. The number of hydrogen-bond acceptors (Lipinski definition) is 4. The maximum Gasteiger partial charge on any atom is 0.329 e. The predicted molar refractivity (Wildman–Crippen MR) is 66.6 cm³/mol. The highest BCUT2D eigenvalue weighted by atomic mass is 16.5. The van der Waals surface area contributed by atoms with Crippen molar-refractivity contribution in [1.82, 2.24) is 10.3 Å². The number of aromatic nitrogens is 1. The van der Waals surface area contributed by atoms with Crippen molar-refractivity contribution in [2.75, 3.05) is 7.11 Å². The summed E-state index contributed by atoms with van der Waals surface area (Å²) in [5.74, 6) is -0.443. The van der Waals surface area contributed by atoms with E-state index < -0.39 is 12.0 Å². The lowest BCUT2D eigenvalue weighted by Gasteiger charge is -2.11. The molecule has 0 aliphatic rings. The Morgan fingerprint density at radius 2 is 2.33 bits per heavy atom. The lowest BCUT2D eigenvalue weighted by molar-refractivity contribution is -0.142. The molecule has 0 amide bonds. The molecule has 0 aliphatic carbocycles. The van der Waals surface area contributed by atoms with Gasteiger partial charge in [0.2, 0.25) is 0 Å². The fourth-order valence-electron chi connectivity index (χ4n) is 1.93. The molecule has 0 saturated carbocycles. The van der Waals surface area contributed by atoms with Crippen LogP contribution < -0.4 is 5.32 Å². The van der Waals surface area contributed by atoms with E-state index in [0.717, 1.165) is 16.5 Å². The molecule has 0 radical (unpaired) electrons. The summed E-state index contributed by atoms with van der Waals surface area (Å²) in [7, 11) is 1.31. The van der Waals surface area contributed by atoms with E-state index in [1.54, 1.807) is 6.19 Å². The number of para-hydroxylation sites is 1. The first-order valence-corrected chi connectivity index (χ1v) is 5.53. The number of methoxy groups -OCH3 is 1. The molecule has 2 rings (SSSR count). The Morgan fingerprint density at radius 3 is 3.06 bits per heavy atom. The Balaban J connectivity index is 2.26. The number of nitrogens with one attached hydrogen (secondary N) is 2. The van der Waals surface area contributed by atoms with Gasteiger partial charge in [0.05, 0.1) is 7.11 Å². The molecule has 2 N–H and O–H groups in total. The van der Waals surface area contributed by atoms with Crippen LogP contribution in [0.2, 0.25) is 0 Å². The molecule has 0 unspecified atom stereocenters. The van der Waals surface area contributed by atoms with Gasteiger partial charge >= 0.3 is 5.97 Å². The Kier molecular flexibility index (Phi) is 3.49. The van der Waals surface area contributed by atoms with Crippen LogP contribution in [0.1, 0.15) is 5.56 Å². The largest absolute Gasteiger partial charge is 0.467 e. The van der Waals surface area contributed by atoms with Crippen LogP contribution in [0.5, 0.6) is 0 Å². The van der Waals surface area contributed by atoms with Crippen LogP contribution in [-0.2, 0) is 16.0 Å². The van der Waals surface area contributed by atoms with Crippen LogP contribution >= 0.6 is 0 Å². The van der Waals surface area contributed by atoms with Crippen molar-refractivity contribution in [3.05, 3.63) is 36.0 Å². The van der Waals surface area contributed by atoms with Gasteiger partial charge in [0, 0.05) is 23.5 Å². The molecule has 5 nitrogen and oxygen atoms in total. The standard InChI is InChI=1S/C13H13N3O2/c1-18-13(17)12(16-8-14)6-9-7-15-11-5-3-2-4-10(9)11/h2-5,7,12,15-16H,6H2,1H3/t12-/m0/s1. The summed E-state index contributed by atoms with van der Waals surface area (Å²) >= 11 is 0. The van der Waals surface area contributed by atoms with Crippen molar-refractivity contribution >= 4 is 16.9 Å². The van der Waals surface area contributed by atoms with Gasteiger partial charge in [0.25, 0.3) is 0 Å². The number of benzene rings is 1. The Labute approximate surface area is 104 Å². The normalized spacial score (nSPS) is 11.8. The minimum absolute atomic E-state index is 0.407. The number of aromatic amines is 1. The monoisotopic (exact) mass is 243 g/mol. The molecule has 2 aromatic rings. The van der Waals surface area contributed by atoms with Crippen molar-refractivity contribution in [1.29, 1.82) is 5.26 Å². The maximum atomic E-state index is 11.5. The van der Waals surface area contributed by atoms with Crippen LogP contribution in [0.3, 0.4) is 0 Å². The third-order valence-corrected chi connectivity index (χ3v) is 2.82. The van der Waals surface area contributed by atoms with Crippen LogP contribution in [0.15, 0.2) is 30.5 Å². The first kappa shape index (κ1) is 12.0. The van der Waals surface area contributed by atoms with E-state index in [9.17, 15) is 4.79 Å². The summed E-state index contributed by atoms with van der Waals surface area (Å²) < 4.78 is 4.66. The number of carbonyl (C=O) groups is 1. The van der Waals surface area contributed by atoms with Crippen molar-refractivity contribution in [3.8, 4) is 6.19 Å². The highest BCUT2D eigenvalue weighted by Crippen LogP contribution is 2.19. The van der Waals surface area contributed by atoms with Gasteiger partial charge in [-0.25, -0.2) is 4.79 Å². The SMILES string of the molecule is COC(=O)[C@H](Cc1c[nH]c2ccccc12)NC#N. The second-order valence-corrected chi connectivity index (χ2v) is 3.90. The number of rotatable bonds is 4. The summed E-state index contributed by atoms with van der Waals surface area (Å²) in [5.41, 5.74) is 1.98. The number of esters is 1. The van der Waals surface area contributed by atoms with Crippen LogP contribution in [-0.4, -0.2) is 24.1 Å². The molecule has 0 fully saturated rings. The number of hydrogen-bond donors (Lipinski definition) is 2. The molecule has 92 valence electrons.